The van der Waals surface area contributed by atoms with Crippen molar-refractivity contribution in [2.75, 3.05) is 19.9 Å². The molecule has 0 bridgehead atoms. The number of carbonyl (C=O) groups excluding carboxylic acids is 1. The van der Waals surface area contributed by atoms with Crippen molar-refractivity contribution in [3.8, 4) is 0 Å². The normalized spacial score (nSPS) is 13.5. The molecule has 0 fully saturated rings. The topological polar surface area (TPSA) is 81.7 Å². The largest absolute Gasteiger partial charge is 0.483 e. The minimum Gasteiger partial charge on any atom is -0.483 e. The maximum absolute atomic E-state index is 13.9. The van der Waals surface area contributed by atoms with Crippen LogP contribution in [0.5, 0.6) is 0 Å². The molecule has 0 radical (unpaired) electrons. The minimum absolute atomic E-state index is 0.258. The number of ether oxygens (including phenoxy) is 1. The summed E-state index contributed by atoms with van der Waals surface area (Å²) in [5, 5.41) is 2.42. The number of rotatable bonds is 9. The Balaban J connectivity index is 3.08. The Hall–Kier alpha value is -2.45. The van der Waals surface area contributed by atoms with Crippen LogP contribution < -0.4 is 5.32 Å². The molecule has 1 amide bonds. The van der Waals surface area contributed by atoms with E-state index in [0.717, 1.165) is 6.26 Å². The van der Waals surface area contributed by atoms with Gasteiger partial charge >= 0.3 is 0 Å². The fourth-order valence-electron chi connectivity index (χ4n) is 1.83. The van der Waals surface area contributed by atoms with E-state index in [2.05, 4.69) is 11.9 Å². The first-order valence-electron chi connectivity index (χ1n) is 7.66. The summed E-state index contributed by atoms with van der Waals surface area (Å²) in [4.78, 5) is 11.2. The number of likely N-dealkylation sites (N-methyl/N-ethyl adjacent to an activating group) is 1. The van der Waals surface area contributed by atoms with Crippen molar-refractivity contribution in [3.05, 3.63) is 71.8 Å². The summed E-state index contributed by atoms with van der Waals surface area (Å²) in [7, 11) is -2.21. The van der Waals surface area contributed by atoms with Crippen LogP contribution in [-0.4, -0.2) is 34.2 Å². The Morgan fingerprint density at radius 3 is 2.65 bits per heavy atom. The van der Waals surface area contributed by atoms with E-state index in [-0.39, 0.29) is 18.3 Å². The van der Waals surface area contributed by atoms with Gasteiger partial charge < -0.3 is 10.1 Å². The van der Waals surface area contributed by atoms with Crippen LogP contribution in [0.15, 0.2) is 54.8 Å². The third-order valence-corrected chi connectivity index (χ3v) is 3.80. The van der Waals surface area contributed by atoms with Crippen molar-refractivity contribution in [1.82, 2.24) is 5.32 Å². The van der Waals surface area contributed by atoms with Crippen LogP contribution in [0.25, 0.3) is 0 Å². The van der Waals surface area contributed by atoms with E-state index in [4.69, 9.17) is 8.92 Å². The van der Waals surface area contributed by atoms with E-state index >= 15 is 0 Å². The lowest BCUT2D eigenvalue weighted by Gasteiger charge is -2.20. The van der Waals surface area contributed by atoms with Crippen LogP contribution in [0.3, 0.4) is 0 Å². The van der Waals surface area contributed by atoms with Gasteiger partial charge in [0.25, 0.3) is 10.1 Å². The molecule has 1 atom stereocenters. The highest BCUT2D eigenvalue weighted by Gasteiger charge is 2.18. The fourth-order valence-corrected chi connectivity index (χ4v) is 2.20. The van der Waals surface area contributed by atoms with E-state index < -0.39 is 22.0 Å². The van der Waals surface area contributed by atoms with Crippen LogP contribution in [-0.2, 0) is 23.8 Å². The number of hydrogen-bond acceptors (Lipinski definition) is 5. The minimum atomic E-state index is -3.71. The molecule has 0 unspecified atom stereocenters. The Morgan fingerprint density at radius 2 is 2.12 bits per heavy atom. The molecule has 0 aliphatic heterocycles. The molecule has 0 saturated heterocycles. The first-order valence-corrected chi connectivity index (χ1v) is 9.47. The number of carbonyl (C=O) groups is 1. The zero-order valence-corrected chi connectivity index (χ0v) is 15.7. The van der Waals surface area contributed by atoms with Gasteiger partial charge in [0.05, 0.1) is 6.26 Å². The Kier molecular flexibility index (Phi) is 8.21. The molecule has 142 valence electrons. The Bertz CT molecular complexity index is 815. The number of halogens is 1. The summed E-state index contributed by atoms with van der Waals surface area (Å²) in [5.41, 5.74) is 0.851. The maximum atomic E-state index is 13.9. The number of amides is 1. The van der Waals surface area contributed by atoms with Gasteiger partial charge in [-0.1, -0.05) is 24.8 Å². The standard InChI is InChI=1S/C18H22FNO5S/c1-5-15(7-6-8-18(21)20-3)25-17(12-24-26(4,22)23)14-10-9-13(2)16(19)11-14/h5-11,17H,1,12H2,2-4H3,(H,20,21)/b8-6+,15-7+/t17-/m1/s1. The average Bonchev–Trinajstić information content (AvgIpc) is 2.58. The van der Waals surface area contributed by atoms with Gasteiger partial charge in [0, 0.05) is 13.1 Å². The third kappa shape index (κ3) is 7.62. The predicted octanol–water partition coefficient (Wildman–Crippen LogP) is 2.54. The third-order valence-electron chi connectivity index (χ3n) is 3.24. The van der Waals surface area contributed by atoms with Gasteiger partial charge in [0.15, 0.2) is 0 Å². The van der Waals surface area contributed by atoms with E-state index in [1.807, 2.05) is 0 Å². The number of aryl methyl sites for hydroxylation is 1. The highest BCUT2D eigenvalue weighted by Crippen LogP contribution is 2.24. The molecule has 0 heterocycles. The highest BCUT2D eigenvalue weighted by atomic mass is 32.2. The average molecular weight is 383 g/mol. The molecule has 0 saturated carbocycles. The molecule has 0 aliphatic rings. The van der Waals surface area contributed by atoms with Crippen LogP contribution in [0.2, 0.25) is 0 Å². The van der Waals surface area contributed by atoms with E-state index in [0.29, 0.717) is 11.1 Å². The summed E-state index contributed by atoms with van der Waals surface area (Å²) >= 11 is 0. The van der Waals surface area contributed by atoms with Crippen LogP contribution in [0.1, 0.15) is 17.2 Å². The molecule has 26 heavy (non-hydrogen) atoms. The number of benzene rings is 1. The van der Waals surface area contributed by atoms with E-state index in [1.165, 1.54) is 37.4 Å². The molecule has 0 aliphatic carbocycles. The quantitative estimate of drug-likeness (QED) is 0.307. The van der Waals surface area contributed by atoms with Crippen LogP contribution in [0.4, 0.5) is 4.39 Å². The number of nitrogens with one attached hydrogen (secondary N) is 1. The molecule has 1 aromatic rings. The predicted molar refractivity (Wildman–Crippen MR) is 97.2 cm³/mol. The van der Waals surface area contributed by atoms with Crippen molar-refractivity contribution in [2.45, 2.75) is 13.0 Å². The second-order valence-electron chi connectivity index (χ2n) is 5.35. The van der Waals surface area contributed by atoms with Gasteiger partial charge in [0.1, 0.15) is 24.3 Å². The molecule has 1 N–H and O–H groups in total. The van der Waals surface area contributed by atoms with Crippen LogP contribution in [0, 0.1) is 12.7 Å². The molecule has 0 spiro atoms. The first-order chi connectivity index (χ1) is 12.2. The molecule has 0 aromatic heterocycles. The summed E-state index contributed by atoms with van der Waals surface area (Å²) in [5.74, 6) is -0.491. The molecule has 8 heteroatoms. The second-order valence-corrected chi connectivity index (χ2v) is 6.99. The zero-order valence-electron chi connectivity index (χ0n) is 14.9. The second kappa shape index (κ2) is 9.88. The van der Waals surface area contributed by atoms with Crippen molar-refractivity contribution >= 4 is 16.0 Å². The van der Waals surface area contributed by atoms with Gasteiger partial charge in [-0.15, -0.1) is 0 Å². The lowest BCUT2D eigenvalue weighted by Crippen LogP contribution is -2.15. The summed E-state index contributed by atoms with van der Waals surface area (Å²) in [6, 6.07) is 4.44. The Morgan fingerprint density at radius 1 is 1.42 bits per heavy atom. The van der Waals surface area contributed by atoms with Crippen molar-refractivity contribution < 1.29 is 26.5 Å². The van der Waals surface area contributed by atoms with E-state index in [1.54, 1.807) is 19.1 Å². The highest BCUT2D eigenvalue weighted by molar-refractivity contribution is 7.85. The lowest BCUT2D eigenvalue weighted by molar-refractivity contribution is -0.116. The zero-order chi connectivity index (χ0) is 19.7. The summed E-state index contributed by atoms with van der Waals surface area (Å²) in [6.45, 7) is 4.88. The molecular weight excluding hydrogens is 361 g/mol. The molecular formula is C18H22FNO5S. The van der Waals surface area contributed by atoms with Gasteiger partial charge in [-0.3, -0.25) is 8.98 Å². The van der Waals surface area contributed by atoms with Gasteiger partial charge in [-0.05, 0) is 36.3 Å². The molecule has 6 nitrogen and oxygen atoms in total. The molecule has 1 aromatic carbocycles. The van der Waals surface area contributed by atoms with Gasteiger partial charge in [0.2, 0.25) is 5.91 Å². The summed E-state index contributed by atoms with van der Waals surface area (Å²) in [6.07, 6.45) is 5.60. The monoisotopic (exact) mass is 383 g/mol. The van der Waals surface area contributed by atoms with Crippen molar-refractivity contribution in [1.29, 1.82) is 0 Å². The smallest absolute Gasteiger partial charge is 0.264 e. The SMILES string of the molecule is C=C/C(=C\C=C\C(=O)NC)O[C@H](COS(C)(=O)=O)c1ccc(C)c(F)c1. The lowest BCUT2D eigenvalue weighted by atomic mass is 10.1. The fraction of sp³-hybridized carbons (Fsp3) is 0.278. The Labute approximate surface area is 153 Å². The van der Waals surface area contributed by atoms with Crippen molar-refractivity contribution in [3.63, 3.8) is 0 Å². The first kappa shape index (κ1) is 21.6. The van der Waals surface area contributed by atoms with Gasteiger partial charge in [-0.25, -0.2) is 4.39 Å². The van der Waals surface area contributed by atoms with Gasteiger partial charge in [-0.2, -0.15) is 8.42 Å². The van der Waals surface area contributed by atoms with Crippen LogP contribution >= 0.6 is 0 Å². The number of allylic oxidation sites excluding steroid dienone is 3. The summed E-state index contributed by atoms with van der Waals surface area (Å²) < 4.78 is 46.9. The maximum Gasteiger partial charge on any atom is 0.264 e. The number of hydrogen-bond donors (Lipinski definition) is 1. The van der Waals surface area contributed by atoms with Crippen molar-refractivity contribution in [2.24, 2.45) is 0 Å². The molecule has 1 rings (SSSR count). The van der Waals surface area contributed by atoms with E-state index in [9.17, 15) is 17.6 Å².